The van der Waals surface area contributed by atoms with Crippen molar-refractivity contribution in [2.45, 2.75) is 206 Å². The SMILES string of the molecule is CCCCCCCCCCCCCCCC(=O)OCCN(CCOC(=O)CCCCCCCCCCCCCCC)C(=O)C(Cc1cnc[nH]1)NCCO. The summed E-state index contributed by atoms with van der Waals surface area (Å²) in [5.41, 5.74) is 0.784. The van der Waals surface area contributed by atoms with Crippen molar-refractivity contribution < 1.29 is 29.0 Å². The van der Waals surface area contributed by atoms with Crippen molar-refractivity contribution in [2.24, 2.45) is 0 Å². The van der Waals surface area contributed by atoms with Crippen molar-refractivity contribution in [1.29, 1.82) is 0 Å². The lowest BCUT2D eigenvalue weighted by Gasteiger charge is -2.27. The van der Waals surface area contributed by atoms with E-state index in [9.17, 15) is 19.5 Å². The highest BCUT2D eigenvalue weighted by molar-refractivity contribution is 5.82. The molecule has 1 unspecified atom stereocenters. The summed E-state index contributed by atoms with van der Waals surface area (Å²) in [4.78, 5) is 47.4. The van der Waals surface area contributed by atoms with E-state index in [0.717, 1.165) is 44.2 Å². The van der Waals surface area contributed by atoms with Crippen molar-refractivity contribution in [3.05, 3.63) is 18.2 Å². The highest BCUT2D eigenvalue weighted by Crippen LogP contribution is 2.15. The molecule has 54 heavy (non-hydrogen) atoms. The lowest BCUT2D eigenvalue weighted by atomic mass is 10.0. The van der Waals surface area contributed by atoms with Crippen LogP contribution in [0.4, 0.5) is 0 Å². The summed E-state index contributed by atoms with van der Waals surface area (Å²) < 4.78 is 11.1. The second kappa shape index (κ2) is 37.5. The zero-order valence-electron chi connectivity index (χ0n) is 34.9. The van der Waals surface area contributed by atoms with Crippen molar-refractivity contribution in [2.75, 3.05) is 39.5 Å². The topological polar surface area (TPSA) is 134 Å². The molecule has 0 spiro atoms. The number of nitrogens with zero attached hydrogens (tertiary/aromatic N) is 2. The molecule has 0 saturated carbocycles. The number of H-pyrrole nitrogens is 1. The van der Waals surface area contributed by atoms with E-state index in [2.05, 4.69) is 29.1 Å². The Kier molecular flexibility index (Phi) is 34.4. The molecule has 0 aromatic carbocycles. The van der Waals surface area contributed by atoms with Gasteiger partial charge in [-0.15, -0.1) is 0 Å². The lowest BCUT2D eigenvalue weighted by molar-refractivity contribution is -0.148. The van der Waals surface area contributed by atoms with Gasteiger partial charge in [0.25, 0.3) is 0 Å². The first-order valence-corrected chi connectivity index (χ1v) is 22.4. The summed E-state index contributed by atoms with van der Waals surface area (Å²) in [7, 11) is 0. The van der Waals surface area contributed by atoms with Gasteiger partial charge in [0.15, 0.2) is 0 Å². The summed E-state index contributed by atoms with van der Waals surface area (Å²) in [5.74, 6) is -0.706. The average Bonchev–Trinajstić information content (AvgIpc) is 3.69. The molecular weight excluding hydrogens is 681 g/mol. The maximum Gasteiger partial charge on any atom is 0.305 e. The molecule has 0 aliphatic heterocycles. The van der Waals surface area contributed by atoms with Crippen molar-refractivity contribution in [1.82, 2.24) is 20.2 Å². The molecule has 10 nitrogen and oxygen atoms in total. The molecule has 10 heteroatoms. The van der Waals surface area contributed by atoms with Crippen LogP contribution in [0, 0.1) is 0 Å². The van der Waals surface area contributed by atoms with E-state index in [0.29, 0.717) is 19.3 Å². The number of unbranched alkanes of at least 4 members (excludes halogenated alkanes) is 24. The average molecular weight is 763 g/mol. The Morgan fingerprint density at radius 1 is 0.648 bits per heavy atom. The highest BCUT2D eigenvalue weighted by atomic mass is 16.5. The number of aromatic amines is 1. The fourth-order valence-electron chi connectivity index (χ4n) is 6.91. The van der Waals surface area contributed by atoms with E-state index >= 15 is 0 Å². The molecule has 0 fully saturated rings. The highest BCUT2D eigenvalue weighted by Gasteiger charge is 2.25. The normalized spacial score (nSPS) is 11.8. The number of aliphatic hydroxyl groups is 1. The van der Waals surface area contributed by atoms with Crippen LogP contribution in [0.5, 0.6) is 0 Å². The minimum atomic E-state index is -0.624. The number of nitrogens with one attached hydrogen (secondary N) is 2. The Morgan fingerprint density at radius 2 is 1.04 bits per heavy atom. The summed E-state index contributed by atoms with van der Waals surface area (Å²) in [6.45, 7) is 5.19. The largest absolute Gasteiger partial charge is 0.464 e. The summed E-state index contributed by atoms with van der Waals surface area (Å²) in [5, 5.41) is 12.5. The van der Waals surface area contributed by atoms with Crippen LogP contribution in [0.1, 0.15) is 199 Å². The number of hydrogen-bond donors (Lipinski definition) is 3. The number of aliphatic hydroxyl groups excluding tert-OH is 1. The van der Waals surface area contributed by atoms with E-state index in [1.54, 1.807) is 17.4 Å². The number of hydrogen-bond acceptors (Lipinski definition) is 8. The zero-order chi connectivity index (χ0) is 39.2. The first-order chi connectivity index (χ1) is 26.5. The minimum Gasteiger partial charge on any atom is -0.464 e. The molecule has 1 rings (SSSR count). The van der Waals surface area contributed by atoms with E-state index in [-0.39, 0.29) is 57.3 Å². The molecule has 314 valence electrons. The monoisotopic (exact) mass is 763 g/mol. The van der Waals surface area contributed by atoms with Crippen LogP contribution in [-0.4, -0.2) is 83.3 Å². The third-order valence-corrected chi connectivity index (χ3v) is 10.3. The minimum absolute atomic E-state index is 0.0761. The van der Waals surface area contributed by atoms with Crippen LogP contribution >= 0.6 is 0 Å². The standard InChI is InChI=1S/C44H82N4O6/c1-3-5-7-9-11-13-15-17-19-21-23-25-27-29-42(50)53-35-32-48(44(52)41(46-31-34-49)37-40-38-45-39-47-40)33-36-54-43(51)30-28-26-24-22-20-18-16-14-12-10-8-6-4-2/h38-39,41,46,49H,3-37H2,1-2H3,(H,45,47). The molecule has 1 aromatic heterocycles. The fraction of sp³-hybridized carbons (Fsp3) is 0.864. The Hall–Kier alpha value is -2.46. The third-order valence-electron chi connectivity index (χ3n) is 10.3. The molecule has 1 amide bonds. The number of aromatic nitrogens is 2. The van der Waals surface area contributed by atoms with Gasteiger partial charge in [-0.25, -0.2) is 4.98 Å². The quantitative estimate of drug-likeness (QED) is 0.0445. The molecule has 0 aliphatic carbocycles. The third kappa shape index (κ3) is 29.8. The molecule has 1 atom stereocenters. The van der Waals surface area contributed by atoms with Gasteiger partial charge < -0.3 is 29.8 Å². The van der Waals surface area contributed by atoms with Crippen LogP contribution in [0.3, 0.4) is 0 Å². The molecule has 0 bridgehead atoms. The maximum absolute atomic E-state index is 13.7. The van der Waals surface area contributed by atoms with E-state index in [1.165, 1.54) is 128 Å². The number of imidazole rings is 1. The summed E-state index contributed by atoms with van der Waals surface area (Å²) >= 11 is 0. The smallest absolute Gasteiger partial charge is 0.305 e. The second-order valence-corrected chi connectivity index (χ2v) is 15.3. The van der Waals surface area contributed by atoms with Gasteiger partial charge in [0.2, 0.25) is 5.91 Å². The molecule has 1 heterocycles. The first kappa shape index (κ1) is 49.6. The van der Waals surface area contributed by atoms with Crippen LogP contribution in [-0.2, 0) is 30.3 Å². The number of amides is 1. The van der Waals surface area contributed by atoms with Gasteiger partial charge in [0.05, 0.1) is 32.1 Å². The van der Waals surface area contributed by atoms with Gasteiger partial charge in [-0.3, -0.25) is 14.4 Å². The zero-order valence-corrected chi connectivity index (χ0v) is 34.9. The molecular formula is C44H82N4O6. The Labute approximate surface area is 330 Å². The first-order valence-electron chi connectivity index (χ1n) is 22.4. The Morgan fingerprint density at radius 3 is 1.39 bits per heavy atom. The van der Waals surface area contributed by atoms with Crippen LogP contribution < -0.4 is 5.32 Å². The van der Waals surface area contributed by atoms with Crippen molar-refractivity contribution in [3.8, 4) is 0 Å². The van der Waals surface area contributed by atoms with Crippen LogP contribution in [0.15, 0.2) is 12.5 Å². The van der Waals surface area contributed by atoms with Crippen molar-refractivity contribution >= 4 is 17.8 Å². The van der Waals surface area contributed by atoms with Crippen molar-refractivity contribution in [3.63, 3.8) is 0 Å². The number of carbonyl (C=O) groups excluding carboxylic acids is 3. The molecule has 3 N–H and O–H groups in total. The molecule has 0 aliphatic rings. The molecule has 0 radical (unpaired) electrons. The maximum atomic E-state index is 13.7. The van der Waals surface area contributed by atoms with Gasteiger partial charge in [-0.2, -0.15) is 0 Å². The lowest BCUT2D eigenvalue weighted by Crippen LogP contribution is -2.50. The van der Waals surface area contributed by atoms with E-state index in [1.807, 2.05) is 0 Å². The number of esters is 2. The van der Waals surface area contributed by atoms with Crippen LogP contribution in [0.25, 0.3) is 0 Å². The summed E-state index contributed by atoms with van der Waals surface area (Å²) in [6.07, 6.45) is 36.8. The van der Waals surface area contributed by atoms with Crippen LogP contribution in [0.2, 0.25) is 0 Å². The number of ether oxygens (including phenoxy) is 2. The second-order valence-electron chi connectivity index (χ2n) is 15.3. The van der Waals surface area contributed by atoms with E-state index in [4.69, 9.17) is 9.47 Å². The number of rotatable bonds is 40. The molecule has 0 saturated heterocycles. The Bertz CT molecular complexity index is 944. The summed E-state index contributed by atoms with van der Waals surface area (Å²) in [6, 6.07) is -0.624. The van der Waals surface area contributed by atoms with Gasteiger partial charge in [-0.05, 0) is 12.8 Å². The fourth-order valence-corrected chi connectivity index (χ4v) is 6.91. The van der Waals surface area contributed by atoms with Gasteiger partial charge >= 0.3 is 11.9 Å². The Balaban J connectivity index is 2.36. The van der Waals surface area contributed by atoms with Gasteiger partial charge in [0.1, 0.15) is 13.2 Å². The van der Waals surface area contributed by atoms with Gasteiger partial charge in [-0.1, -0.05) is 168 Å². The molecule has 1 aromatic rings. The predicted molar refractivity (Wildman–Crippen MR) is 220 cm³/mol. The van der Waals surface area contributed by atoms with E-state index < -0.39 is 6.04 Å². The number of carbonyl (C=O) groups is 3. The predicted octanol–water partition coefficient (Wildman–Crippen LogP) is 9.78. The van der Waals surface area contributed by atoms with Gasteiger partial charge in [0, 0.05) is 37.7 Å².